The molecule has 0 fully saturated rings. The average molecular weight is 233 g/mol. The fourth-order valence-electron chi connectivity index (χ4n) is 1.28. The van der Waals surface area contributed by atoms with Crippen LogP contribution in [0.4, 0.5) is 19.0 Å². The van der Waals surface area contributed by atoms with E-state index in [4.69, 9.17) is 5.73 Å². The summed E-state index contributed by atoms with van der Waals surface area (Å²) in [5, 5.41) is 0. The van der Waals surface area contributed by atoms with Gasteiger partial charge in [0.25, 0.3) is 0 Å². The van der Waals surface area contributed by atoms with Gasteiger partial charge in [0.15, 0.2) is 0 Å². The van der Waals surface area contributed by atoms with Crippen molar-refractivity contribution in [1.82, 2.24) is 4.98 Å². The highest BCUT2D eigenvalue weighted by atomic mass is 19.4. The molecule has 0 bridgehead atoms. The summed E-state index contributed by atoms with van der Waals surface area (Å²) in [6.07, 6.45) is -2.78. The third kappa shape index (κ3) is 3.69. The number of rotatable bonds is 3. The number of nitrogens with zero attached hydrogens (tertiary/aromatic N) is 2. The molecule has 0 unspecified atom stereocenters. The van der Waals surface area contributed by atoms with Crippen LogP contribution in [0.2, 0.25) is 0 Å². The Kier molecular flexibility index (Phi) is 3.74. The molecule has 6 heteroatoms. The Bertz CT molecular complexity index is 349. The number of halogens is 3. The van der Waals surface area contributed by atoms with E-state index in [2.05, 4.69) is 4.98 Å². The standard InChI is InChI=1S/C10H14F3N3/c1-7(14)8-3-4-15-9(5-8)16(2)6-10(11,12)13/h3-5,7H,6,14H2,1-2H3/t7-/m0/s1. The molecule has 1 aromatic heterocycles. The number of hydrogen-bond donors (Lipinski definition) is 1. The Morgan fingerprint density at radius 3 is 2.62 bits per heavy atom. The van der Waals surface area contributed by atoms with Crippen LogP contribution in [0.5, 0.6) is 0 Å². The lowest BCUT2D eigenvalue weighted by molar-refractivity contribution is -0.119. The monoisotopic (exact) mass is 233 g/mol. The van der Waals surface area contributed by atoms with Crippen molar-refractivity contribution in [2.75, 3.05) is 18.5 Å². The van der Waals surface area contributed by atoms with E-state index in [9.17, 15) is 13.2 Å². The van der Waals surface area contributed by atoms with Crippen LogP contribution in [-0.4, -0.2) is 24.8 Å². The van der Waals surface area contributed by atoms with Crippen LogP contribution in [0.3, 0.4) is 0 Å². The Morgan fingerprint density at radius 1 is 1.50 bits per heavy atom. The summed E-state index contributed by atoms with van der Waals surface area (Å²) in [5.41, 5.74) is 6.40. The number of pyridine rings is 1. The second-order valence-electron chi connectivity index (χ2n) is 3.71. The maximum atomic E-state index is 12.2. The molecule has 0 aromatic carbocycles. The van der Waals surface area contributed by atoms with Gasteiger partial charge in [-0.05, 0) is 24.6 Å². The lowest BCUT2D eigenvalue weighted by Crippen LogP contribution is -2.31. The van der Waals surface area contributed by atoms with E-state index >= 15 is 0 Å². The van der Waals surface area contributed by atoms with Gasteiger partial charge >= 0.3 is 6.18 Å². The molecule has 0 aliphatic heterocycles. The van der Waals surface area contributed by atoms with Gasteiger partial charge < -0.3 is 10.6 Å². The highest BCUT2D eigenvalue weighted by Crippen LogP contribution is 2.21. The molecule has 0 amide bonds. The molecule has 1 heterocycles. The Hall–Kier alpha value is -1.30. The molecule has 3 nitrogen and oxygen atoms in total. The summed E-state index contributed by atoms with van der Waals surface area (Å²) in [4.78, 5) is 4.92. The zero-order valence-corrected chi connectivity index (χ0v) is 9.12. The molecule has 0 aliphatic rings. The van der Waals surface area contributed by atoms with Crippen molar-refractivity contribution in [1.29, 1.82) is 0 Å². The van der Waals surface area contributed by atoms with E-state index in [0.29, 0.717) is 0 Å². The summed E-state index contributed by atoms with van der Waals surface area (Å²) in [7, 11) is 1.35. The summed E-state index contributed by atoms with van der Waals surface area (Å²) in [6, 6.07) is 3.03. The highest BCUT2D eigenvalue weighted by molar-refractivity contribution is 5.41. The van der Waals surface area contributed by atoms with Crippen molar-refractivity contribution in [3.8, 4) is 0 Å². The summed E-state index contributed by atoms with van der Waals surface area (Å²) in [5.74, 6) is 0.270. The van der Waals surface area contributed by atoms with Crippen molar-refractivity contribution in [2.45, 2.75) is 19.1 Å². The third-order valence-corrected chi connectivity index (χ3v) is 2.10. The van der Waals surface area contributed by atoms with Crippen LogP contribution in [0.25, 0.3) is 0 Å². The molecule has 0 spiro atoms. The molecule has 0 saturated heterocycles. The minimum atomic E-state index is -4.24. The number of hydrogen-bond acceptors (Lipinski definition) is 3. The van der Waals surface area contributed by atoms with Gasteiger partial charge in [0.2, 0.25) is 0 Å². The predicted octanol–water partition coefficient (Wildman–Crippen LogP) is 2.10. The van der Waals surface area contributed by atoms with Gasteiger partial charge in [0.05, 0.1) is 0 Å². The zero-order valence-electron chi connectivity index (χ0n) is 9.12. The fraction of sp³-hybridized carbons (Fsp3) is 0.500. The van der Waals surface area contributed by atoms with Gasteiger partial charge in [-0.3, -0.25) is 0 Å². The van der Waals surface area contributed by atoms with Crippen molar-refractivity contribution in [2.24, 2.45) is 5.73 Å². The van der Waals surface area contributed by atoms with E-state index < -0.39 is 12.7 Å². The molecule has 16 heavy (non-hydrogen) atoms. The van der Waals surface area contributed by atoms with Crippen LogP contribution >= 0.6 is 0 Å². The van der Waals surface area contributed by atoms with E-state index in [1.807, 2.05) is 0 Å². The predicted molar refractivity (Wildman–Crippen MR) is 56.2 cm³/mol. The lowest BCUT2D eigenvalue weighted by Gasteiger charge is -2.20. The number of nitrogens with two attached hydrogens (primary N) is 1. The van der Waals surface area contributed by atoms with Gasteiger partial charge in [-0.15, -0.1) is 0 Å². The minimum absolute atomic E-state index is 0.221. The van der Waals surface area contributed by atoms with Gasteiger partial charge in [-0.2, -0.15) is 13.2 Å². The van der Waals surface area contributed by atoms with Crippen LogP contribution in [-0.2, 0) is 0 Å². The molecule has 90 valence electrons. The van der Waals surface area contributed by atoms with E-state index in [1.165, 1.54) is 13.2 Å². The van der Waals surface area contributed by atoms with Gasteiger partial charge in [-0.25, -0.2) is 4.98 Å². The van der Waals surface area contributed by atoms with E-state index in [0.717, 1.165) is 10.5 Å². The first-order chi connectivity index (χ1) is 7.29. The quantitative estimate of drug-likeness (QED) is 0.869. The van der Waals surface area contributed by atoms with Crippen LogP contribution in [0.1, 0.15) is 18.5 Å². The average Bonchev–Trinajstić information content (AvgIpc) is 2.15. The molecular weight excluding hydrogens is 219 g/mol. The maximum Gasteiger partial charge on any atom is 0.405 e. The maximum absolute atomic E-state index is 12.2. The first-order valence-corrected chi connectivity index (χ1v) is 4.79. The Labute approximate surface area is 92.1 Å². The SMILES string of the molecule is C[C@H](N)c1ccnc(N(C)CC(F)(F)F)c1. The van der Waals surface area contributed by atoms with E-state index in [1.54, 1.807) is 19.1 Å². The van der Waals surface area contributed by atoms with Gasteiger partial charge in [-0.1, -0.05) is 0 Å². The van der Waals surface area contributed by atoms with Crippen LogP contribution in [0.15, 0.2) is 18.3 Å². The molecule has 1 atom stereocenters. The number of aromatic nitrogens is 1. The Morgan fingerprint density at radius 2 is 2.12 bits per heavy atom. The van der Waals surface area contributed by atoms with Crippen LogP contribution in [0, 0.1) is 0 Å². The molecule has 1 rings (SSSR count). The first-order valence-electron chi connectivity index (χ1n) is 4.79. The molecule has 0 radical (unpaired) electrons. The first kappa shape index (κ1) is 12.8. The van der Waals surface area contributed by atoms with E-state index in [-0.39, 0.29) is 11.9 Å². The second kappa shape index (κ2) is 4.69. The molecular formula is C10H14F3N3. The lowest BCUT2D eigenvalue weighted by atomic mass is 10.1. The van der Waals surface area contributed by atoms with Crippen molar-refractivity contribution in [3.63, 3.8) is 0 Å². The van der Waals surface area contributed by atoms with Crippen molar-refractivity contribution < 1.29 is 13.2 Å². The molecule has 0 aliphatic carbocycles. The highest BCUT2D eigenvalue weighted by Gasteiger charge is 2.29. The van der Waals surface area contributed by atoms with Crippen molar-refractivity contribution in [3.05, 3.63) is 23.9 Å². The smallest absolute Gasteiger partial charge is 0.351 e. The summed E-state index contributed by atoms with van der Waals surface area (Å²) < 4.78 is 36.5. The minimum Gasteiger partial charge on any atom is -0.351 e. The number of alkyl halides is 3. The fourth-order valence-corrected chi connectivity index (χ4v) is 1.28. The van der Waals surface area contributed by atoms with Gasteiger partial charge in [0, 0.05) is 19.3 Å². The topological polar surface area (TPSA) is 42.1 Å². The van der Waals surface area contributed by atoms with Gasteiger partial charge in [0.1, 0.15) is 12.4 Å². The van der Waals surface area contributed by atoms with Crippen LogP contribution < -0.4 is 10.6 Å². The second-order valence-corrected chi connectivity index (χ2v) is 3.71. The third-order valence-electron chi connectivity index (χ3n) is 2.10. The number of anilines is 1. The van der Waals surface area contributed by atoms with Crippen molar-refractivity contribution >= 4 is 5.82 Å². The summed E-state index contributed by atoms with van der Waals surface area (Å²) >= 11 is 0. The largest absolute Gasteiger partial charge is 0.405 e. The summed E-state index contributed by atoms with van der Waals surface area (Å²) in [6.45, 7) is 0.741. The molecule has 0 saturated carbocycles. The molecule has 1 aromatic rings. The Balaban J connectivity index is 2.83. The zero-order chi connectivity index (χ0) is 12.3. The normalized spacial score (nSPS) is 13.6. The molecule has 2 N–H and O–H groups in total.